The molecule has 8 heteroatoms. The number of imidazole rings is 1. The lowest BCUT2D eigenvalue weighted by Gasteiger charge is -2.11. The summed E-state index contributed by atoms with van der Waals surface area (Å²) in [6, 6.07) is 3.90. The Hall–Kier alpha value is -1.77. The predicted molar refractivity (Wildman–Crippen MR) is 76.3 cm³/mol. The number of nitrogens with one attached hydrogen (secondary N) is 1. The van der Waals surface area contributed by atoms with Crippen molar-refractivity contribution in [2.45, 2.75) is 24.4 Å². The van der Waals surface area contributed by atoms with Gasteiger partial charge in [0.05, 0.1) is 11.2 Å². The van der Waals surface area contributed by atoms with E-state index in [0.717, 1.165) is 0 Å². The normalized spacial score (nSPS) is 11.7. The minimum absolute atomic E-state index is 0.000361. The summed E-state index contributed by atoms with van der Waals surface area (Å²) in [4.78, 5) is 3.79. The highest BCUT2D eigenvalue weighted by Gasteiger charge is 2.19. The van der Waals surface area contributed by atoms with E-state index in [-0.39, 0.29) is 23.5 Å². The van der Waals surface area contributed by atoms with Gasteiger partial charge in [-0.05, 0) is 18.6 Å². The molecule has 1 aromatic heterocycles. The van der Waals surface area contributed by atoms with Gasteiger partial charge in [0.25, 0.3) is 0 Å². The molecule has 0 bridgehead atoms. The molecule has 0 aliphatic carbocycles. The third-order valence-electron chi connectivity index (χ3n) is 3.01. The Kier molecular flexibility index (Phi) is 5.05. The predicted octanol–water partition coefficient (Wildman–Crippen LogP) is 0.849. The molecule has 6 nitrogen and oxygen atoms in total. The lowest BCUT2D eigenvalue weighted by molar-refractivity contribution is 0.562. The standard InChI is InChI=1S/C13H17FN4O2S/c14-12-3-1-4-13(11(12)9-15)21(19,20)17-5-2-7-18-8-6-16-10-18/h1,3-4,6,8,10,17H,2,5,7,9,15H2. The van der Waals surface area contributed by atoms with Crippen molar-refractivity contribution in [3.63, 3.8) is 0 Å². The van der Waals surface area contributed by atoms with E-state index in [4.69, 9.17) is 5.73 Å². The maximum atomic E-state index is 13.6. The van der Waals surface area contributed by atoms with Gasteiger partial charge in [-0.3, -0.25) is 0 Å². The molecule has 0 saturated heterocycles. The van der Waals surface area contributed by atoms with E-state index in [0.29, 0.717) is 13.0 Å². The molecule has 3 N–H and O–H groups in total. The van der Waals surface area contributed by atoms with Gasteiger partial charge in [0.1, 0.15) is 5.82 Å². The molecule has 1 heterocycles. The minimum atomic E-state index is -3.76. The van der Waals surface area contributed by atoms with E-state index >= 15 is 0 Å². The van der Waals surface area contributed by atoms with Crippen molar-refractivity contribution in [2.75, 3.05) is 6.54 Å². The van der Waals surface area contributed by atoms with Crippen molar-refractivity contribution in [2.24, 2.45) is 5.73 Å². The molecule has 1 aromatic carbocycles. The molecule has 2 rings (SSSR count). The van der Waals surface area contributed by atoms with Crippen LogP contribution in [0.5, 0.6) is 0 Å². The number of nitrogens with two attached hydrogens (primary N) is 1. The van der Waals surface area contributed by atoms with Crippen LogP contribution in [-0.4, -0.2) is 24.5 Å². The number of benzene rings is 1. The minimum Gasteiger partial charge on any atom is -0.337 e. The van der Waals surface area contributed by atoms with Gasteiger partial charge in [-0.2, -0.15) is 0 Å². The van der Waals surface area contributed by atoms with Crippen LogP contribution in [0.2, 0.25) is 0 Å². The molecule has 0 aliphatic rings. The first-order valence-corrected chi connectivity index (χ1v) is 7.96. The smallest absolute Gasteiger partial charge is 0.240 e. The van der Waals surface area contributed by atoms with Gasteiger partial charge in [-0.1, -0.05) is 6.07 Å². The van der Waals surface area contributed by atoms with Crippen LogP contribution < -0.4 is 10.5 Å². The highest BCUT2D eigenvalue weighted by molar-refractivity contribution is 7.89. The summed E-state index contributed by atoms with van der Waals surface area (Å²) >= 11 is 0. The van der Waals surface area contributed by atoms with E-state index in [1.807, 2.05) is 4.57 Å². The second-order valence-electron chi connectivity index (χ2n) is 4.47. The van der Waals surface area contributed by atoms with E-state index < -0.39 is 15.8 Å². The van der Waals surface area contributed by atoms with Crippen molar-refractivity contribution in [3.05, 3.63) is 48.3 Å². The van der Waals surface area contributed by atoms with Crippen molar-refractivity contribution < 1.29 is 12.8 Å². The Labute approximate surface area is 122 Å². The number of aryl methyl sites for hydroxylation is 1. The fourth-order valence-electron chi connectivity index (χ4n) is 1.95. The molecule has 0 saturated carbocycles. The lowest BCUT2D eigenvalue weighted by Crippen LogP contribution is -2.27. The molecular weight excluding hydrogens is 295 g/mol. The lowest BCUT2D eigenvalue weighted by atomic mass is 10.2. The summed E-state index contributed by atoms with van der Waals surface area (Å²) in [6.45, 7) is 0.731. The van der Waals surface area contributed by atoms with E-state index in [9.17, 15) is 12.8 Å². The van der Waals surface area contributed by atoms with Crippen LogP contribution in [0.4, 0.5) is 4.39 Å². The van der Waals surface area contributed by atoms with Gasteiger partial charge < -0.3 is 10.3 Å². The molecule has 0 fully saturated rings. The Balaban J connectivity index is 2.00. The molecule has 0 unspecified atom stereocenters. The third-order valence-corrected chi connectivity index (χ3v) is 4.56. The highest BCUT2D eigenvalue weighted by Crippen LogP contribution is 2.18. The zero-order valence-electron chi connectivity index (χ0n) is 11.4. The quantitative estimate of drug-likeness (QED) is 0.742. The van der Waals surface area contributed by atoms with Crippen LogP contribution in [0.1, 0.15) is 12.0 Å². The first-order valence-electron chi connectivity index (χ1n) is 6.47. The molecule has 0 atom stereocenters. The third kappa shape index (κ3) is 3.87. The average Bonchev–Trinajstić information content (AvgIpc) is 2.96. The fourth-order valence-corrected chi connectivity index (χ4v) is 3.29. The number of halogens is 1. The van der Waals surface area contributed by atoms with Crippen LogP contribution in [-0.2, 0) is 23.1 Å². The summed E-state index contributed by atoms with van der Waals surface area (Å²) in [5.74, 6) is -0.612. The van der Waals surface area contributed by atoms with Crippen molar-refractivity contribution >= 4 is 10.0 Å². The van der Waals surface area contributed by atoms with E-state index in [2.05, 4.69) is 9.71 Å². The summed E-state index contributed by atoms with van der Waals surface area (Å²) in [7, 11) is -3.76. The Morgan fingerprint density at radius 1 is 1.38 bits per heavy atom. The Bertz CT molecular complexity index is 686. The molecule has 0 amide bonds. The Morgan fingerprint density at radius 3 is 2.86 bits per heavy atom. The van der Waals surface area contributed by atoms with Crippen LogP contribution >= 0.6 is 0 Å². The van der Waals surface area contributed by atoms with Crippen molar-refractivity contribution in [1.82, 2.24) is 14.3 Å². The highest BCUT2D eigenvalue weighted by atomic mass is 32.2. The van der Waals surface area contributed by atoms with E-state index in [1.165, 1.54) is 18.2 Å². The zero-order chi connectivity index (χ0) is 15.3. The van der Waals surface area contributed by atoms with Gasteiger partial charge in [0.2, 0.25) is 10.0 Å². The van der Waals surface area contributed by atoms with Gasteiger partial charge in [0, 0.05) is 37.6 Å². The summed E-state index contributed by atoms with van der Waals surface area (Å²) < 4.78 is 42.2. The van der Waals surface area contributed by atoms with Crippen LogP contribution in [0, 0.1) is 5.82 Å². The number of aromatic nitrogens is 2. The number of rotatable bonds is 7. The van der Waals surface area contributed by atoms with Crippen LogP contribution in [0.25, 0.3) is 0 Å². The van der Waals surface area contributed by atoms with Crippen LogP contribution in [0.3, 0.4) is 0 Å². The molecule has 114 valence electrons. The second-order valence-corrected chi connectivity index (χ2v) is 6.21. The molecular formula is C13H17FN4O2S. The molecule has 0 spiro atoms. The van der Waals surface area contributed by atoms with Gasteiger partial charge in [0.15, 0.2) is 0 Å². The Morgan fingerprint density at radius 2 is 2.19 bits per heavy atom. The molecule has 21 heavy (non-hydrogen) atoms. The summed E-state index contributed by atoms with van der Waals surface area (Å²) in [6.07, 6.45) is 5.72. The number of hydrogen-bond acceptors (Lipinski definition) is 4. The van der Waals surface area contributed by atoms with Gasteiger partial charge in [-0.25, -0.2) is 22.5 Å². The molecule has 0 aliphatic heterocycles. The second kappa shape index (κ2) is 6.79. The first-order chi connectivity index (χ1) is 10.0. The monoisotopic (exact) mass is 312 g/mol. The molecule has 0 radical (unpaired) electrons. The average molecular weight is 312 g/mol. The topological polar surface area (TPSA) is 90.0 Å². The largest absolute Gasteiger partial charge is 0.337 e. The molecule has 2 aromatic rings. The van der Waals surface area contributed by atoms with E-state index in [1.54, 1.807) is 18.7 Å². The maximum Gasteiger partial charge on any atom is 0.240 e. The SMILES string of the molecule is NCc1c(F)cccc1S(=O)(=O)NCCCn1ccnc1. The van der Waals surface area contributed by atoms with Crippen molar-refractivity contribution in [3.8, 4) is 0 Å². The summed E-state index contributed by atoms with van der Waals surface area (Å²) in [5, 5.41) is 0. The first kappa shape index (κ1) is 15.6. The zero-order valence-corrected chi connectivity index (χ0v) is 12.2. The van der Waals surface area contributed by atoms with Crippen LogP contribution in [0.15, 0.2) is 41.8 Å². The van der Waals surface area contributed by atoms with Crippen molar-refractivity contribution in [1.29, 1.82) is 0 Å². The van der Waals surface area contributed by atoms with Gasteiger partial charge >= 0.3 is 0 Å². The summed E-state index contributed by atoms with van der Waals surface area (Å²) in [5.41, 5.74) is 5.42. The number of nitrogens with zero attached hydrogens (tertiary/aromatic N) is 2. The maximum absolute atomic E-state index is 13.6. The van der Waals surface area contributed by atoms with Gasteiger partial charge in [-0.15, -0.1) is 0 Å². The number of sulfonamides is 1. The fraction of sp³-hybridized carbons (Fsp3) is 0.308. The number of hydrogen-bond donors (Lipinski definition) is 2.